The second kappa shape index (κ2) is 6.77. The van der Waals surface area contributed by atoms with Crippen LogP contribution in [0.1, 0.15) is 24.5 Å². The summed E-state index contributed by atoms with van der Waals surface area (Å²) in [7, 11) is -2.17. The molecule has 1 aromatic rings. The van der Waals surface area contributed by atoms with E-state index in [4.69, 9.17) is 5.73 Å². The SMILES string of the molecule is CCCN=S(=O)(CCN)Cc1cccc(C)c1. The van der Waals surface area contributed by atoms with Gasteiger partial charge >= 0.3 is 0 Å². The third-order valence-corrected chi connectivity index (χ3v) is 4.77. The fourth-order valence-electron chi connectivity index (χ4n) is 1.69. The summed E-state index contributed by atoms with van der Waals surface area (Å²) in [4.78, 5) is 0. The smallest absolute Gasteiger partial charge is 0.0568 e. The minimum atomic E-state index is -2.17. The van der Waals surface area contributed by atoms with Gasteiger partial charge in [0.25, 0.3) is 0 Å². The van der Waals surface area contributed by atoms with Crippen molar-refractivity contribution in [3.05, 3.63) is 35.4 Å². The van der Waals surface area contributed by atoms with E-state index in [0.29, 0.717) is 24.6 Å². The topological polar surface area (TPSA) is 55.5 Å². The maximum absolute atomic E-state index is 12.6. The number of benzene rings is 1. The molecule has 1 unspecified atom stereocenters. The van der Waals surface area contributed by atoms with Crippen molar-refractivity contribution in [2.24, 2.45) is 10.1 Å². The Morgan fingerprint density at radius 2 is 2.18 bits per heavy atom. The monoisotopic (exact) mass is 254 g/mol. The minimum Gasteiger partial charge on any atom is -0.330 e. The van der Waals surface area contributed by atoms with E-state index < -0.39 is 9.73 Å². The van der Waals surface area contributed by atoms with Crippen LogP contribution in [0.3, 0.4) is 0 Å². The van der Waals surface area contributed by atoms with Gasteiger partial charge in [-0.25, -0.2) is 8.57 Å². The molecule has 0 aliphatic carbocycles. The molecule has 0 aliphatic rings. The van der Waals surface area contributed by atoms with E-state index in [2.05, 4.69) is 10.4 Å². The summed E-state index contributed by atoms with van der Waals surface area (Å²) in [5.74, 6) is 1.01. The van der Waals surface area contributed by atoms with E-state index in [-0.39, 0.29) is 0 Å². The lowest BCUT2D eigenvalue weighted by molar-refractivity contribution is 0.672. The molecule has 1 aromatic carbocycles. The van der Waals surface area contributed by atoms with Crippen molar-refractivity contribution in [3.8, 4) is 0 Å². The highest BCUT2D eigenvalue weighted by atomic mass is 32.2. The van der Waals surface area contributed by atoms with Crippen LogP contribution in [0.5, 0.6) is 0 Å². The summed E-state index contributed by atoms with van der Waals surface area (Å²) in [5, 5.41) is 0. The number of aryl methyl sites for hydroxylation is 1. The number of hydrogen-bond acceptors (Lipinski definition) is 3. The van der Waals surface area contributed by atoms with E-state index in [0.717, 1.165) is 12.0 Å². The molecule has 3 nitrogen and oxygen atoms in total. The van der Waals surface area contributed by atoms with Crippen molar-refractivity contribution in [1.29, 1.82) is 0 Å². The Morgan fingerprint density at radius 3 is 2.76 bits per heavy atom. The highest BCUT2D eigenvalue weighted by Crippen LogP contribution is 2.11. The lowest BCUT2D eigenvalue weighted by Gasteiger charge is -2.09. The number of hydrogen-bond donors (Lipinski definition) is 1. The first-order chi connectivity index (χ1) is 8.09. The van der Waals surface area contributed by atoms with Gasteiger partial charge in [-0.3, -0.25) is 0 Å². The van der Waals surface area contributed by atoms with Gasteiger partial charge in [0.15, 0.2) is 0 Å². The Labute approximate surface area is 105 Å². The van der Waals surface area contributed by atoms with Crippen LogP contribution in [0.15, 0.2) is 28.6 Å². The Hall–Kier alpha value is -0.870. The van der Waals surface area contributed by atoms with Gasteiger partial charge in [0, 0.05) is 18.8 Å². The standard InChI is InChI=1S/C13H22N2OS/c1-3-8-15-17(16,9-7-14)11-13-6-4-5-12(2)10-13/h4-6,10H,3,7-9,11,14H2,1-2H3. The Bertz CT molecular complexity index is 462. The summed E-state index contributed by atoms with van der Waals surface area (Å²) in [5.41, 5.74) is 7.80. The molecular weight excluding hydrogens is 232 g/mol. The summed E-state index contributed by atoms with van der Waals surface area (Å²) in [6, 6.07) is 8.10. The van der Waals surface area contributed by atoms with Crippen molar-refractivity contribution in [1.82, 2.24) is 0 Å². The van der Waals surface area contributed by atoms with Gasteiger partial charge in [-0.1, -0.05) is 36.8 Å². The molecule has 0 saturated carbocycles. The second-order valence-corrected chi connectivity index (χ2v) is 6.75. The molecule has 0 aromatic heterocycles. The number of rotatable bonds is 6. The Kier molecular flexibility index (Phi) is 5.65. The van der Waals surface area contributed by atoms with Crippen LogP contribution in [-0.2, 0) is 15.5 Å². The predicted octanol–water partition coefficient (Wildman–Crippen LogP) is 2.33. The third kappa shape index (κ3) is 4.88. The van der Waals surface area contributed by atoms with Crippen LogP contribution < -0.4 is 5.73 Å². The molecular formula is C13H22N2OS. The molecule has 0 spiro atoms. The Balaban J connectivity index is 2.91. The maximum atomic E-state index is 12.6. The summed E-state index contributed by atoms with van der Waals surface area (Å²) >= 11 is 0. The lowest BCUT2D eigenvalue weighted by Crippen LogP contribution is -2.17. The minimum absolute atomic E-state index is 0.428. The number of nitrogens with zero attached hydrogens (tertiary/aromatic N) is 1. The Morgan fingerprint density at radius 1 is 1.41 bits per heavy atom. The highest BCUT2D eigenvalue weighted by molar-refractivity contribution is 7.92. The van der Waals surface area contributed by atoms with Crippen molar-refractivity contribution >= 4 is 9.73 Å². The van der Waals surface area contributed by atoms with Crippen LogP contribution in [0.4, 0.5) is 0 Å². The van der Waals surface area contributed by atoms with Crippen LogP contribution in [0.2, 0.25) is 0 Å². The molecule has 1 rings (SSSR count). The van der Waals surface area contributed by atoms with Gasteiger partial charge in [-0.05, 0) is 18.9 Å². The van der Waals surface area contributed by atoms with Gasteiger partial charge in [0.1, 0.15) is 0 Å². The van der Waals surface area contributed by atoms with Crippen molar-refractivity contribution in [2.75, 3.05) is 18.8 Å². The first-order valence-corrected chi connectivity index (χ1v) is 7.89. The summed E-state index contributed by atoms with van der Waals surface area (Å²) in [6.07, 6.45) is 0.926. The van der Waals surface area contributed by atoms with E-state index >= 15 is 0 Å². The average Bonchev–Trinajstić information content (AvgIpc) is 2.27. The molecule has 2 N–H and O–H groups in total. The van der Waals surface area contributed by atoms with Crippen LogP contribution in [0.25, 0.3) is 0 Å². The van der Waals surface area contributed by atoms with E-state index in [1.54, 1.807) is 0 Å². The first-order valence-electron chi connectivity index (χ1n) is 6.03. The molecule has 0 aliphatic heterocycles. The highest BCUT2D eigenvalue weighted by Gasteiger charge is 2.09. The molecule has 0 saturated heterocycles. The maximum Gasteiger partial charge on any atom is 0.0568 e. The molecule has 0 fully saturated rings. The third-order valence-electron chi connectivity index (χ3n) is 2.46. The van der Waals surface area contributed by atoms with Crippen LogP contribution in [0, 0.1) is 6.92 Å². The fraction of sp³-hybridized carbons (Fsp3) is 0.538. The molecule has 0 radical (unpaired) electrons. The van der Waals surface area contributed by atoms with Gasteiger partial charge in [-0.15, -0.1) is 0 Å². The van der Waals surface area contributed by atoms with Crippen LogP contribution >= 0.6 is 0 Å². The zero-order valence-electron chi connectivity index (χ0n) is 10.7. The zero-order valence-corrected chi connectivity index (χ0v) is 11.5. The molecule has 96 valence electrons. The average molecular weight is 254 g/mol. The molecule has 4 heteroatoms. The summed E-state index contributed by atoms with van der Waals surface area (Å²) in [6.45, 7) is 5.17. The molecule has 1 atom stereocenters. The molecule has 0 amide bonds. The van der Waals surface area contributed by atoms with E-state index in [1.807, 2.05) is 32.0 Å². The fourth-order valence-corrected chi connectivity index (χ4v) is 3.64. The van der Waals surface area contributed by atoms with Crippen molar-refractivity contribution < 1.29 is 4.21 Å². The van der Waals surface area contributed by atoms with Gasteiger partial charge in [0.2, 0.25) is 0 Å². The molecule has 0 bridgehead atoms. The second-order valence-electron chi connectivity index (χ2n) is 4.25. The van der Waals surface area contributed by atoms with Crippen LogP contribution in [-0.4, -0.2) is 23.1 Å². The van der Waals surface area contributed by atoms with Gasteiger partial charge in [-0.2, -0.15) is 0 Å². The number of nitrogens with two attached hydrogens (primary N) is 1. The van der Waals surface area contributed by atoms with Crippen molar-refractivity contribution in [3.63, 3.8) is 0 Å². The quantitative estimate of drug-likeness (QED) is 0.847. The first kappa shape index (κ1) is 14.2. The lowest BCUT2D eigenvalue weighted by atomic mass is 10.2. The molecule has 0 heterocycles. The zero-order chi connectivity index (χ0) is 12.7. The van der Waals surface area contributed by atoms with Gasteiger partial charge in [0.05, 0.1) is 15.5 Å². The predicted molar refractivity (Wildman–Crippen MR) is 74.5 cm³/mol. The normalized spacial score (nSPS) is 14.3. The van der Waals surface area contributed by atoms with Gasteiger partial charge < -0.3 is 5.73 Å². The van der Waals surface area contributed by atoms with Crippen molar-refractivity contribution in [2.45, 2.75) is 26.0 Å². The van der Waals surface area contributed by atoms with E-state index in [1.165, 1.54) is 5.56 Å². The van der Waals surface area contributed by atoms with E-state index in [9.17, 15) is 4.21 Å². The molecule has 17 heavy (non-hydrogen) atoms. The largest absolute Gasteiger partial charge is 0.330 e. The summed E-state index contributed by atoms with van der Waals surface area (Å²) < 4.78 is 16.9.